The highest BCUT2D eigenvalue weighted by Gasteiger charge is 2.31. The maximum Gasteiger partial charge on any atom is 0.573 e. The van der Waals surface area contributed by atoms with E-state index in [0.29, 0.717) is 22.5 Å². The number of carboxylic acids is 1. The van der Waals surface area contributed by atoms with Gasteiger partial charge in [0.1, 0.15) is 11.5 Å². The lowest BCUT2D eigenvalue weighted by molar-refractivity contribution is -0.274. The third-order valence-electron chi connectivity index (χ3n) is 5.42. The normalized spacial score (nSPS) is 17.2. The SMILES string of the molecule is Cc1cc(CN2CCN(c3nc4ccc(OC(F)(F)F)cc4s3)[C@H](C)C2)cc(OCC(=O)O)c1. The minimum Gasteiger partial charge on any atom is -0.482 e. The van der Waals surface area contributed by atoms with Crippen molar-refractivity contribution in [2.24, 2.45) is 0 Å². The molecule has 0 unspecified atom stereocenters. The second kappa shape index (κ2) is 9.67. The minimum atomic E-state index is -4.73. The second-order valence-corrected chi connectivity index (χ2v) is 9.30. The van der Waals surface area contributed by atoms with Crippen LogP contribution in [0.3, 0.4) is 0 Å². The van der Waals surface area contributed by atoms with Gasteiger partial charge >= 0.3 is 12.3 Å². The van der Waals surface area contributed by atoms with E-state index in [-0.39, 0.29) is 18.4 Å². The molecule has 0 radical (unpaired) electrons. The van der Waals surface area contributed by atoms with Gasteiger partial charge in [0.05, 0.1) is 10.2 Å². The highest BCUT2D eigenvalue weighted by Crippen LogP contribution is 2.34. The van der Waals surface area contributed by atoms with Crippen LogP contribution in [-0.2, 0) is 11.3 Å². The number of carboxylic acid groups (broad SMARTS) is 1. The number of aliphatic carboxylic acids is 1. The average molecular weight is 496 g/mol. The predicted molar refractivity (Wildman–Crippen MR) is 123 cm³/mol. The van der Waals surface area contributed by atoms with Crippen molar-refractivity contribution in [3.05, 3.63) is 47.5 Å². The average Bonchev–Trinajstić information content (AvgIpc) is 3.13. The van der Waals surface area contributed by atoms with E-state index >= 15 is 0 Å². The molecular formula is C23H24F3N3O4S. The Hall–Kier alpha value is -3.05. The van der Waals surface area contributed by atoms with E-state index in [9.17, 15) is 18.0 Å². The first-order valence-corrected chi connectivity index (χ1v) is 11.5. The summed E-state index contributed by atoms with van der Waals surface area (Å²) in [5, 5.41) is 9.60. The van der Waals surface area contributed by atoms with E-state index in [4.69, 9.17) is 9.84 Å². The molecule has 4 rings (SSSR count). The Bertz CT molecular complexity index is 1180. The fourth-order valence-electron chi connectivity index (χ4n) is 4.08. The third kappa shape index (κ3) is 6.09. The largest absolute Gasteiger partial charge is 0.573 e. The number of hydrogen-bond donors (Lipinski definition) is 1. The van der Waals surface area contributed by atoms with E-state index < -0.39 is 12.3 Å². The maximum absolute atomic E-state index is 12.5. The number of aromatic nitrogens is 1. The van der Waals surface area contributed by atoms with Crippen LogP contribution >= 0.6 is 11.3 Å². The van der Waals surface area contributed by atoms with Crippen LogP contribution < -0.4 is 14.4 Å². The van der Waals surface area contributed by atoms with Crippen LogP contribution in [-0.4, -0.2) is 59.6 Å². The monoisotopic (exact) mass is 495 g/mol. The lowest BCUT2D eigenvalue weighted by atomic mass is 10.1. The van der Waals surface area contributed by atoms with E-state index in [1.54, 1.807) is 6.07 Å². The lowest BCUT2D eigenvalue weighted by Gasteiger charge is -2.39. The van der Waals surface area contributed by atoms with Crippen molar-refractivity contribution in [3.8, 4) is 11.5 Å². The third-order valence-corrected chi connectivity index (χ3v) is 6.47. The van der Waals surface area contributed by atoms with Crippen molar-refractivity contribution in [1.82, 2.24) is 9.88 Å². The van der Waals surface area contributed by atoms with Gasteiger partial charge in [-0.3, -0.25) is 4.90 Å². The first-order chi connectivity index (χ1) is 16.1. The fraction of sp³-hybridized carbons (Fsp3) is 0.391. The predicted octanol–water partition coefficient (Wildman–Crippen LogP) is 4.68. The molecule has 0 aliphatic carbocycles. The number of nitrogens with zero attached hydrogens (tertiary/aromatic N) is 3. The van der Waals surface area contributed by atoms with Gasteiger partial charge in [0.2, 0.25) is 0 Å². The zero-order chi connectivity index (χ0) is 24.5. The van der Waals surface area contributed by atoms with Gasteiger partial charge in [-0.2, -0.15) is 0 Å². The number of rotatable bonds is 7. The molecule has 1 aliphatic heterocycles. The molecule has 0 bridgehead atoms. The first kappa shape index (κ1) is 24.1. The van der Waals surface area contributed by atoms with Gasteiger partial charge in [-0.1, -0.05) is 17.4 Å². The first-order valence-electron chi connectivity index (χ1n) is 10.7. The van der Waals surface area contributed by atoms with E-state index in [1.807, 2.05) is 19.1 Å². The molecule has 11 heteroatoms. The van der Waals surface area contributed by atoms with Crippen molar-refractivity contribution in [1.29, 1.82) is 0 Å². The molecular weight excluding hydrogens is 471 g/mol. The molecule has 7 nitrogen and oxygen atoms in total. The summed E-state index contributed by atoms with van der Waals surface area (Å²) in [4.78, 5) is 19.9. The van der Waals surface area contributed by atoms with Gasteiger partial charge in [0.25, 0.3) is 0 Å². The molecule has 1 fully saturated rings. The number of ether oxygens (including phenoxy) is 2. The summed E-state index contributed by atoms with van der Waals surface area (Å²) in [5.74, 6) is -0.739. The number of aryl methyl sites for hydroxylation is 1. The van der Waals surface area contributed by atoms with Crippen LogP contribution in [0.4, 0.5) is 18.3 Å². The summed E-state index contributed by atoms with van der Waals surface area (Å²) in [7, 11) is 0. The Morgan fingerprint density at radius 1 is 1.21 bits per heavy atom. The summed E-state index contributed by atoms with van der Waals surface area (Å²) in [6.07, 6.45) is -4.73. The fourth-order valence-corrected chi connectivity index (χ4v) is 5.20. The number of hydrogen-bond acceptors (Lipinski definition) is 7. The van der Waals surface area contributed by atoms with Crippen LogP contribution in [0.15, 0.2) is 36.4 Å². The van der Waals surface area contributed by atoms with Gasteiger partial charge in [-0.25, -0.2) is 9.78 Å². The van der Waals surface area contributed by atoms with E-state index in [1.165, 1.54) is 23.5 Å². The summed E-state index contributed by atoms with van der Waals surface area (Å²) in [5.41, 5.74) is 2.67. The zero-order valence-electron chi connectivity index (χ0n) is 18.6. The standard InChI is InChI=1S/C23H24F3N3O4S/c1-14-7-16(9-18(8-14)32-13-21(30)31)12-28-5-6-29(15(2)11-28)22-27-19-4-3-17(10-20(19)34-22)33-23(24,25)26/h3-4,7-10,15H,5-6,11-13H2,1-2H3,(H,30,31)/t15-/m1/s1. The molecule has 3 aromatic rings. The summed E-state index contributed by atoms with van der Waals surface area (Å²) >= 11 is 1.35. The van der Waals surface area contributed by atoms with Gasteiger partial charge in [0, 0.05) is 38.3 Å². The van der Waals surface area contributed by atoms with E-state index in [2.05, 4.69) is 32.5 Å². The number of thiazole rings is 1. The Morgan fingerprint density at radius 2 is 2.00 bits per heavy atom. The molecule has 1 N–H and O–H groups in total. The summed E-state index contributed by atoms with van der Waals surface area (Å²) in [6, 6.07) is 10.1. The number of piperazine rings is 1. The maximum atomic E-state index is 12.5. The molecule has 0 saturated carbocycles. The van der Waals surface area contributed by atoms with Gasteiger partial charge in [-0.15, -0.1) is 13.2 Å². The smallest absolute Gasteiger partial charge is 0.482 e. The molecule has 34 heavy (non-hydrogen) atoms. The van der Waals surface area contributed by atoms with Gasteiger partial charge < -0.3 is 19.5 Å². The van der Waals surface area contributed by atoms with Crippen molar-refractivity contribution in [3.63, 3.8) is 0 Å². The highest BCUT2D eigenvalue weighted by atomic mass is 32.1. The molecule has 0 amide bonds. The Morgan fingerprint density at radius 3 is 2.71 bits per heavy atom. The number of anilines is 1. The molecule has 1 atom stereocenters. The van der Waals surface area contributed by atoms with Crippen molar-refractivity contribution < 1.29 is 32.5 Å². The molecule has 1 aromatic heterocycles. The van der Waals surface area contributed by atoms with Crippen molar-refractivity contribution >= 4 is 32.7 Å². The number of alkyl halides is 3. The molecule has 2 aromatic carbocycles. The molecule has 182 valence electrons. The Labute approximate surface area is 198 Å². The number of benzene rings is 2. The van der Waals surface area contributed by atoms with Crippen LogP contribution in [0, 0.1) is 6.92 Å². The topological polar surface area (TPSA) is 75.1 Å². The summed E-state index contributed by atoms with van der Waals surface area (Å²) in [6.45, 7) is 6.62. The minimum absolute atomic E-state index is 0.146. The number of halogens is 3. The van der Waals surface area contributed by atoms with Crippen LogP contribution in [0.25, 0.3) is 10.2 Å². The van der Waals surface area contributed by atoms with Crippen LogP contribution in [0.2, 0.25) is 0 Å². The van der Waals surface area contributed by atoms with Gasteiger partial charge in [0.15, 0.2) is 11.7 Å². The molecule has 0 spiro atoms. The second-order valence-electron chi connectivity index (χ2n) is 8.29. The van der Waals surface area contributed by atoms with Gasteiger partial charge in [-0.05, 0) is 49.2 Å². The molecule has 1 saturated heterocycles. The number of fused-ring (bicyclic) bond motifs is 1. The van der Waals surface area contributed by atoms with Crippen molar-refractivity contribution in [2.45, 2.75) is 32.8 Å². The van der Waals surface area contributed by atoms with Crippen LogP contribution in [0.1, 0.15) is 18.1 Å². The molecule has 1 aliphatic rings. The van der Waals surface area contributed by atoms with Crippen molar-refractivity contribution in [2.75, 3.05) is 31.1 Å². The highest BCUT2D eigenvalue weighted by molar-refractivity contribution is 7.22. The van der Waals surface area contributed by atoms with Crippen LogP contribution in [0.5, 0.6) is 11.5 Å². The molecule has 2 heterocycles. The zero-order valence-corrected chi connectivity index (χ0v) is 19.4. The van der Waals surface area contributed by atoms with E-state index in [0.717, 1.165) is 35.9 Å². The Kier molecular flexibility index (Phi) is 6.85. The quantitative estimate of drug-likeness (QED) is 0.510. The Balaban J connectivity index is 1.41. The lowest BCUT2D eigenvalue weighted by Crippen LogP contribution is -2.51. The summed E-state index contributed by atoms with van der Waals surface area (Å²) < 4.78 is 47.5. The number of carbonyl (C=O) groups is 1.